The zero-order valence-corrected chi connectivity index (χ0v) is 10.1. The molecule has 0 saturated carbocycles. The Morgan fingerprint density at radius 2 is 2.26 bits per heavy atom. The van der Waals surface area contributed by atoms with Gasteiger partial charge in [0.2, 0.25) is 5.75 Å². The van der Waals surface area contributed by atoms with Crippen LogP contribution in [0.1, 0.15) is 18.9 Å². The fraction of sp³-hybridized carbons (Fsp3) is 0.250. The molecule has 0 bridgehead atoms. The van der Waals surface area contributed by atoms with E-state index in [0.29, 0.717) is 0 Å². The highest BCUT2D eigenvalue weighted by Gasteiger charge is 2.18. The Hall–Kier alpha value is -2.44. The fourth-order valence-electron chi connectivity index (χ4n) is 1.35. The van der Waals surface area contributed by atoms with Crippen LogP contribution in [0.25, 0.3) is 6.08 Å². The molecule has 0 saturated heterocycles. The number of benzene rings is 1. The van der Waals surface area contributed by atoms with Crippen molar-refractivity contribution in [1.29, 1.82) is 0 Å². The van der Waals surface area contributed by atoms with Crippen molar-refractivity contribution < 1.29 is 24.0 Å². The molecule has 1 rings (SSSR count). The van der Waals surface area contributed by atoms with E-state index < -0.39 is 28.1 Å². The predicted molar refractivity (Wildman–Crippen MR) is 65.0 cm³/mol. The molecule has 1 aromatic carbocycles. The number of carbonyl (C=O) groups excluding carboxylic acids is 1. The number of esters is 1. The number of phenols is 1. The molecule has 102 valence electrons. The normalized spacial score (nSPS) is 10.6. The number of rotatable bonds is 5. The van der Waals surface area contributed by atoms with Crippen molar-refractivity contribution in [1.82, 2.24) is 0 Å². The molecule has 0 fully saturated rings. The van der Waals surface area contributed by atoms with Gasteiger partial charge in [-0.3, -0.25) is 14.9 Å². The summed E-state index contributed by atoms with van der Waals surface area (Å²) in [5.41, 5.74) is -0.554. The zero-order valence-electron chi connectivity index (χ0n) is 10.1. The highest BCUT2D eigenvalue weighted by Crippen LogP contribution is 2.30. The van der Waals surface area contributed by atoms with Gasteiger partial charge in [-0.2, -0.15) is 0 Å². The van der Waals surface area contributed by atoms with Gasteiger partial charge in [0.25, 0.3) is 0 Å². The summed E-state index contributed by atoms with van der Waals surface area (Å²) in [6.07, 6.45) is 2.71. The van der Waals surface area contributed by atoms with Gasteiger partial charge in [-0.15, -0.1) is 0 Å². The second-order valence-electron chi connectivity index (χ2n) is 3.54. The minimum absolute atomic E-state index is 0.0237. The molecule has 0 aromatic heterocycles. The van der Waals surface area contributed by atoms with Crippen molar-refractivity contribution in [3.63, 3.8) is 0 Å². The highest BCUT2D eigenvalue weighted by molar-refractivity contribution is 5.73. The van der Waals surface area contributed by atoms with E-state index in [-0.39, 0.29) is 18.6 Å². The van der Waals surface area contributed by atoms with Crippen LogP contribution in [0, 0.1) is 15.9 Å². The molecule has 0 radical (unpaired) electrons. The first-order valence-electron chi connectivity index (χ1n) is 5.44. The van der Waals surface area contributed by atoms with Crippen LogP contribution < -0.4 is 0 Å². The van der Waals surface area contributed by atoms with Crippen molar-refractivity contribution in [2.45, 2.75) is 13.3 Å². The molecule has 19 heavy (non-hydrogen) atoms. The van der Waals surface area contributed by atoms with Crippen molar-refractivity contribution >= 4 is 17.7 Å². The third-order valence-corrected chi connectivity index (χ3v) is 2.16. The highest BCUT2D eigenvalue weighted by atomic mass is 19.1. The van der Waals surface area contributed by atoms with Gasteiger partial charge in [0.1, 0.15) is 0 Å². The molecule has 0 aliphatic heterocycles. The maximum absolute atomic E-state index is 13.2. The van der Waals surface area contributed by atoms with Gasteiger partial charge in [0.15, 0.2) is 5.82 Å². The summed E-state index contributed by atoms with van der Waals surface area (Å²) >= 11 is 0. The van der Waals surface area contributed by atoms with E-state index in [1.807, 2.05) is 0 Å². The number of carbonyl (C=O) groups is 1. The monoisotopic (exact) mass is 269 g/mol. The largest absolute Gasteiger partial charge is 0.500 e. The smallest absolute Gasteiger partial charge is 0.314 e. The molecule has 0 spiro atoms. The molecule has 0 heterocycles. The number of nitrogens with zero attached hydrogens (tertiary/aromatic N) is 1. The molecule has 7 heteroatoms. The van der Waals surface area contributed by atoms with Crippen LogP contribution in [0.2, 0.25) is 0 Å². The third kappa shape index (κ3) is 4.06. The van der Waals surface area contributed by atoms with Gasteiger partial charge in [-0.05, 0) is 18.6 Å². The van der Waals surface area contributed by atoms with Gasteiger partial charge in [0, 0.05) is 6.07 Å². The number of hydrogen-bond acceptors (Lipinski definition) is 5. The van der Waals surface area contributed by atoms with Gasteiger partial charge >= 0.3 is 11.7 Å². The Morgan fingerprint density at radius 1 is 1.58 bits per heavy atom. The van der Waals surface area contributed by atoms with Crippen LogP contribution >= 0.6 is 0 Å². The molecule has 6 nitrogen and oxygen atoms in total. The molecule has 0 aliphatic carbocycles. The molecule has 0 unspecified atom stereocenters. The summed E-state index contributed by atoms with van der Waals surface area (Å²) in [5, 5.41) is 19.7. The zero-order chi connectivity index (χ0) is 14.4. The summed E-state index contributed by atoms with van der Waals surface area (Å²) < 4.78 is 17.9. The molecule has 0 atom stereocenters. The van der Waals surface area contributed by atoms with Crippen molar-refractivity contribution in [3.8, 4) is 5.75 Å². The summed E-state index contributed by atoms with van der Waals surface area (Å²) in [6, 6.07) is 1.95. The van der Waals surface area contributed by atoms with E-state index in [1.165, 1.54) is 12.2 Å². The third-order valence-electron chi connectivity index (χ3n) is 2.16. The first kappa shape index (κ1) is 14.6. The lowest BCUT2D eigenvalue weighted by Gasteiger charge is -2.00. The quantitative estimate of drug-likeness (QED) is 0.503. The van der Waals surface area contributed by atoms with Crippen LogP contribution in [-0.4, -0.2) is 22.6 Å². The van der Waals surface area contributed by atoms with E-state index in [1.54, 1.807) is 6.92 Å². The van der Waals surface area contributed by atoms with E-state index in [4.69, 9.17) is 5.11 Å². The lowest BCUT2D eigenvalue weighted by Crippen LogP contribution is -2.01. The van der Waals surface area contributed by atoms with Gasteiger partial charge in [-0.1, -0.05) is 12.2 Å². The van der Waals surface area contributed by atoms with E-state index in [2.05, 4.69) is 4.74 Å². The average molecular weight is 269 g/mol. The second kappa shape index (κ2) is 6.48. The number of halogens is 1. The molecule has 0 aliphatic rings. The molecule has 0 amide bonds. The summed E-state index contributed by atoms with van der Waals surface area (Å²) in [7, 11) is 0. The molecular formula is C12H12FNO5. The summed E-state index contributed by atoms with van der Waals surface area (Å²) in [5.74, 6) is -2.55. The molecule has 1 aromatic rings. The SMILES string of the molecule is CCOC(=O)CC=Cc1cc(F)c(O)c([N+](=O)[O-])c1. The first-order valence-corrected chi connectivity index (χ1v) is 5.44. The van der Waals surface area contributed by atoms with E-state index in [9.17, 15) is 19.3 Å². The van der Waals surface area contributed by atoms with Crippen molar-refractivity contribution in [2.24, 2.45) is 0 Å². The molecule has 1 N–H and O–H groups in total. The number of nitro benzene ring substituents is 1. The van der Waals surface area contributed by atoms with Gasteiger partial charge < -0.3 is 9.84 Å². The topological polar surface area (TPSA) is 89.7 Å². The predicted octanol–water partition coefficient (Wildman–Crippen LogP) is 2.41. The second-order valence-corrected chi connectivity index (χ2v) is 3.54. The summed E-state index contributed by atoms with van der Waals surface area (Å²) in [6.45, 7) is 1.92. The van der Waals surface area contributed by atoms with Crippen molar-refractivity contribution in [2.75, 3.05) is 6.61 Å². The van der Waals surface area contributed by atoms with Crippen molar-refractivity contribution in [3.05, 3.63) is 39.7 Å². The lowest BCUT2D eigenvalue weighted by molar-refractivity contribution is -0.386. The number of ether oxygens (including phenoxy) is 1. The Balaban J connectivity index is 2.88. The van der Waals surface area contributed by atoms with Gasteiger partial charge in [0.05, 0.1) is 18.0 Å². The van der Waals surface area contributed by atoms with Crippen LogP contribution in [0.4, 0.5) is 10.1 Å². The van der Waals surface area contributed by atoms with Crippen LogP contribution in [0.5, 0.6) is 5.75 Å². The number of aromatic hydroxyl groups is 1. The van der Waals surface area contributed by atoms with Crippen LogP contribution in [0.3, 0.4) is 0 Å². The minimum atomic E-state index is -1.09. The maximum Gasteiger partial charge on any atom is 0.314 e. The lowest BCUT2D eigenvalue weighted by atomic mass is 10.1. The van der Waals surface area contributed by atoms with E-state index in [0.717, 1.165) is 12.1 Å². The first-order chi connectivity index (χ1) is 8.95. The van der Waals surface area contributed by atoms with E-state index >= 15 is 0 Å². The Morgan fingerprint density at radius 3 is 2.84 bits per heavy atom. The Labute approximate surface area is 108 Å². The number of hydrogen-bond donors (Lipinski definition) is 1. The Bertz CT molecular complexity index is 527. The maximum atomic E-state index is 13.2. The summed E-state index contributed by atoms with van der Waals surface area (Å²) in [4.78, 5) is 20.7. The number of phenolic OH excluding ortho intramolecular Hbond substituents is 1. The van der Waals surface area contributed by atoms with Crippen LogP contribution in [-0.2, 0) is 9.53 Å². The van der Waals surface area contributed by atoms with Gasteiger partial charge in [-0.25, -0.2) is 4.39 Å². The minimum Gasteiger partial charge on any atom is -0.500 e. The molecular weight excluding hydrogens is 257 g/mol. The van der Waals surface area contributed by atoms with Crippen LogP contribution in [0.15, 0.2) is 18.2 Å². The Kier molecular flexibility index (Phi) is 4.99. The number of nitro groups is 1. The standard InChI is InChI=1S/C12H12FNO5/c1-2-19-11(15)5-3-4-8-6-9(13)12(16)10(7-8)14(17)18/h3-4,6-7,16H,2,5H2,1H3. The fourth-order valence-corrected chi connectivity index (χ4v) is 1.35. The average Bonchev–Trinajstić information content (AvgIpc) is 2.33.